The third kappa shape index (κ3) is 2.99. The third-order valence-corrected chi connectivity index (χ3v) is 4.01. The van der Waals surface area contributed by atoms with Crippen LogP contribution < -0.4 is 11.1 Å². The number of rotatable bonds is 3. The van der Waals surface area contributed by atoms with Crippen molar-refractivity contribution in [3.63, 3.8) is 0 Å². The number of carbonyl (C=O) groups is 1. The molecule has 2 heterocycles. The Balaban J connectivity index is 1.87. The van der Waals surface area contributed by atoms with Gasteiger partial charge < -0.3 is 11.1 Å². The van der Waals surface area contributed by atoms with Gasteiger partial charge >= 0.3 is 0 Å². The molecule has 5 heteroatoms. The van der Waals surface area contributed by atoms with Crippen LogP contribution in [0.3, 0.4) is 0 Å². The van der Waals surface area contributed by atoms with Crippen molar-refractivity contribution < 1.29 is 4.79 Å². The van der Waals surface area contributed by atoms with Crippen molar-refractivity contribution in [1.29, 1.82) is 0 Å². The molecule has 0 fully saturated rings. The fourth-order valence-corrected chi connectivity index (χ4v) is 2.73. The quantitative estimate of drug-likeness (QED) is 0.720. The standard InChI is InChI=1S/C17H15N3OS/c1-11-2-3-13(9-19-11)17(21)20-16-8-12(4-5-15(16)18)14-6-7-22-10-14/h2-10H,18H2,1H3,(H,20,21). The molecule has 22 heavy (non-hydrogen) atoms. The number of amides is 1. The molecule has 0 radical (unpaired) electrons. The van der Waals surface area contributed by atoms with Crippen molar-refractivity contribution in [3.8, 4) is 11.1 Å². The number of nitrogen functional groups attached to an aromatic ring is 1. The molecule has 0 spiro atoms. The second kappa shape index (κ2) is 5.99. The van der Waals surface area contributed by atoms with Gasteiger partial charge in [0.05, 0.1) is 16.9 Å². The average molecular weight is 309 g/mol. The number of aromatic nitrogens is 1. The fourth-order valence-electron chi connectivity index (χ4n) is 2.07. The number of hydrogen-bond donors (Lipinski definition) is 2. The fraction of sp³-hybridized carbons (Fsp3) is 0.0588. The molecule has 0 bridgehead atoms. The van der Waals surface area contributed by atoms with Crippen LogP contribution in [0.25, 0.3) is 11.1 Å². The lowest BCUT2D eigenvalue weighted by Gasteiger charge is -2.10. The van der Waals surface area contributed by atoms with Crippen LogP contribution in [0.5, 0.6) is 0 Å². The number of nitrogens with two attached hydrogens (primary N) is 1. The van der Waals surface area contributed by atoms with E-state index < -0.39 is 0 Å². The van der Waals surface area contributed by atoms with E-state index in [-0.39, 0.29) is 5.91 Å². The predicted molar refractivity (Wildman–Crippen MR) is 91.1 cm³/mol. The van der Waals surface area contributed by atoms with Crippen molar-refractivity contribution in [3.05, 3.63) is 64.6 Å². The van der Waals surface area contributed by atoms with E-state index >= 15 is 0 Å². The van der Waals surface area contributed by atoms with Crippen LogP contribution in [0.2, 0.25) is 0 Å². The first-order valence-corrected chi connectivity index (χ1v) is 7.74. The Hall–Kier alpha value is -2.66. The first kappa shape index (κ1) is 14.3. The molecule has 0 aliphatic heterocycles. The summed E-state index contributed by atoms with van der Waals surface area (Å²) in [7, 11) is 0. The van der Waals surface area contributed by atoms with E-state index in [1.165, 1.54) is 0 Å². The monoisotopic (exact) mass is 309 g/mol. The lowest BCUT2D eigenvalue weighted by atomic mass is 10.1. The molecule has 1 amide bonds. The molecule has 2 aromatic heterocycles. The molecule has 0 saturated carbocycles. The maximum absolute atomic E-state index is 12.3. The van der Waals surface area contributed by atoms with Gasteiger partial charge in [0.25, 0.3) is 5.91 Å². The first-order valence-electron chi connectivity index (χ1n) is 6.79. The highest BCUT2D eigenvalue weighted by atomic mass is 32.1. The highest BCUT2D eigenvalue weighted by Crippen LogP contribution is 2.28. The Morgan fingerprint density at radius 2 is 2.05 bits per heavy atom. The zero-order valence-electron chi connectivity index (χ0n) is 12.0. The maximum atomic E-state index is 12.3. The summed E-state index contributed by atoms with van der Waals surface area (Å²) in [5.74, 6) is -0.221. The topological polar surface area (TPSA) is 68.0 Å². The van der Waals surface area contributed by atoms with Gasteiger partial charge in [-0.05, 0) is 59.1 Å². The lowest BCUT2D eigenvalue weighted by molar-refractivity contribution is 0.102. The van der Waals surface area contributed by atoms with Gasteiger partial charge in [0.2, 0.25) is 0 Å². The van der Waals surface area contributed by atoms with Crippen LogP contribution in [0.1, 0.15) is 16.1 Å². The Labute approximate surface area is 132 Å². The van der Waals surface area contributed by atoms with E-state index in [0.717, 1.165) is 16.8 Å². The lowest BCUT2D eigenvalue weighted by Crippen LogP contribution is -2.13. The average Bonchev–Trinajstić information content (AvgIpc) is 3.04. The SMILES string of the molecule is Cc1ccc(C(=O)Nc2cc(-c3ccsc3)ccc2N)cn1. The number of carbonyl (C=O) groups excluding carboxylic acids is 1. The highest BCUT2D eigenvalue weighted by molar-refractivity contribution is 7.08. The summed E-state index contributed by atoms with van der Waals surface area (Å²) in [6.07, 6.45) is 1.56. The van der Waals surface area contributed by atoms with Crippen LogP contribution in [-0.4, -0.2) is 10.9 Å². The minimum Gasteiger partial charge on any atom is -0.397 e. The van der Waals surface area contributed by atoms with E-state index in [1.807, 2.05) is 30.5 Å². The van der Waals surface area contributed by atoms with Crippen LogP contribution in [0, 0.1) is 6.92 Å². The van der Waals surface area contributed by atoms with Crippen LogP contribution in [0.15, 0.2) is 53.4 Å². The Morgan fingerprint density at radius 3 is 2.73 bits per heavy atom. The Kier molecular flexibility index (Phi) is 3.89. The number of benzene rings is 1. The van der Waals surface area contributed by atoms with Gasteiger partial charge in [0.15, 0.2) is 0 Å². The molecule has 110 valence electrons. The Bertz CT molecular complexity index is 795. The molecule has 0 atom stereocenters. The number of pyridine rings is 1. The molecule has 0 aliphatic carbocycles. The maximum Gasteiger partial charge on any atom is 0.257 e. The summed E-state index contributed by atoms with van der Waals surface area (Å²) in [6, 6.07) is 11.2. The van der Waals surface area contributed by atoms with Crippen LogP contribution in [0.4, 0.5) is 11.4 Å². The van der Waals surface area contributed by atoms with E-state index in [0.29, 0.717) is 16.9 Å². The van der Waals surface area contributed by atoms with Crippen molar-refractivity contribution >= 4 is 28.6 Å². The normalized spacial score (nSPS) is 10.4. The van der Waals surface area contributed by atoms with E-state index in [1.54, 1.807) is 35.7 Å². The van der Waals surface area contributed by atoms with Crippen molar-refractivity contribution in [2.24, 2.45) is 0 Å². The summed E-state index contributed by atoms with van der Waals surface area (Å²) >= 11 is 1.63. The first-order chi connectivity index (χ1) is 10.6. The van der Waals surface area contributed by atoms with Gasteiger partial charge in [0.1, 0.15) is 0 Å². The molecule has 3 N–H and O–H groups in total. The van der Waals surface area contributed by atoms with E-state index in [2.05, 4.69) is 15.7 Å². The minimum absolute atomic E-state index is 0.221. The zero-order chi connectivity index (χ0) is 15.5. The Morgan fingerprint density at radius 1 is 1.18 bits per heavy atom. The molecule has 0 saturated heterocycles. The molecule has 0 unspecified atom stereocenters. The predicted octanol–water partition coefficient (Wildman–Crippen LogP) is 3.95. The van der Waals surface area contributed by atoms with Gasteiger partial charge in [-0.3, -0.25) is 9.78 Å². The summed E-state index contributed by atoms with van der Waals surface area (Å²) in [4.78, 5) is 16.4. The zero-order valence-corrected chi connectivity index (χ0v) is 12.9. The van der Waals surface area contributed by atoms with Crippen molar-refractivity contribution in [1.82, 2.24) is 4.98 Å². The molecule has 4 nitrogen and oxygen atoms in total. The number of hydrogen-bond acceptors (Lipinski definition) is 4. The third-order valence-electron chi connectivity index (χ3n) is 3.33. The largest absolute Gasteiger partial charge is 0.397 e. The number of nitrogens with one attached hydrogen (secondary N) is 1. The minimum atomic E-state index is -0.221. The summed E-state index contributed by atoms with van der Waals surface area (Å²) in [6.45, 7) is 1.88. The second-order valence-electron chi connectivity index (χ2n) is 4.96. The molecular weight excluding hydrogens is 294 g/mol. The van der Waals surface area contributed by atoms with Crippen LogP contribution >= 0.6 is 11.3 Å². The van der Waals surface area contributed by atoms with Gasteiger partial charge in [-0.1, -0.05) is 6.07 Å². The molecule has 1 aromatic carbocycles. The second-order valence-corrected chi connectivity index (χ2v) is 5.74. The smallest absolute Gasteiger partial charge is 0.257 e. The van der Waals surface area contributed by atoms with Gasteiger partial charge in [-0.2, -0.15) is 11.3 Å². The van der Waals surface area contributed by atoms with Crippen LogP contribution in [-0.2, 0) is 0 Å². The van der Waals surface area contributed by atoms with Crippen molar-refractivity contribution in [2.75, 3.05) is 11.1 Å². The molecular formula is C17H15N3OS. The number of nitrogens with zero attached hydrogens (tertiary/aromatic N) is 1. The van der Waals surface area contributed by atoms with Gasteiger partial charge in [0, 0.05) is 11.9 Å². The summed E-state index contributed by atoms with van der Waals surface area (Å²) in [5.41, 5.74) is 10.6. The van der Waals surface area contributed by atoms with Gasteiger partial charge in [-0.25, -0.2) is 0 Å². The molecule has 3 aromatic rings. The highest BCUT2D eigenvalue weighted by Gasteiger charge is 2.10. The van der Waals surface area contributed by atoms with E-state index in [4.69, 9.17) is 5.73 Å². The molecule has 3 rings (SSSR count). The summed E-state index contributed by atoms with van der Waals surface area (Å²) < 4.78 is 0. The number of aryl methyl sites for hydroxylation is 1. The van der Waals surface area contributed by atoms with Crippen molar-refractivity contribution in [2.45, 2.75) is 6.92 Å². The van der Waals surface area contributed by atoms with Gasteiger partial charge in [-0.15, -0.1) is 0 Å². The number of thiophene rings is 1. The number of anilines is 2. The molecule has 0 aliphatic rings. The van der Waals surface area contributed by atoms with E-state index in [9.17, 15) is 4.79 Å². The summed E-state index contributed by atoms with van der Waals surface area (Å²) in [5, 5.41) is 6.92.